The second-order valence-corrected chi connectivity index (χ2v) is 8.27. The van der Waals surface area contributed by atoms with Crippen molar-refractivity contribution in [2.75, 3.05) is 36.5 Å². The number of rotatable bonds is 6. The zero-order valence-corrected chi connectivity index (χ0v) is 19.0. The maximum Gasteiger partial charge on any atom is 0.273 e. The van der Waals surface area contributed by atoms with E-state index < -0.39 is 5.92 Å². The van der Waals surface area contributed by atoms with Crippen LogP contribution in [0.4, 0.5) is 20.4 Å². The van der Waals surface area contributed by atoms with E-state index in [1.54, 1.807) is 13.0 Å². The number of nitrogens with one attached hydrogen (secondary N) is 1. The number of fused-ring (bicyclic) bond motifs is 1. The topological polar surface area (TPSA) is 63.2 Å². The lowest BCUT2D eigenvalue weighted by Crippen LogP contribution is -2.36. The maximum atomic E-state index is 14.4. The lowest BCUT2D eigenvalue weighted by Gasteiger charge is -2.28. The van der Waals surface area contributed by atoms with Crippen molar-refractivity contribution < 1.29 is 13.5 Å². The SMILES string of the molecule is CCC(F)(F)c1cccc([C@@H](C)Nc2nnc(C)c3cnc(N4CCOCC4)cc23)c1C. The zero-order chi connectivity index (χ0) is 22.9. The Bertz CT molecular complexity index is 1110. The van der Waals surface area contributed by atoms with Crippen LogP contribution in [0.5, 0.6) is 0 Å². The second kappa shape index (κ2) is 8.94. The van der Waals surface area contributed by atoms with Gasteiger partial charge in [-0.25, -0.2) is 13.8 Å². The number of ether oxygens (including phenoxy) is 1. The molecule has 1 N–H and O–H groups in total. The van der Waals surface area contributed by atoms with Gasteiger partial charge in [0.1, 0.15) is 5.82 Å². The van der Waals surface area contributed by atoms with Gasteiger partial charge in [0.15, 0.2) is 5.82 Å². The van der Waals surface area contributed by atoms with E-state index in [4.69, 9.17) is 4.74 Å². The molecule has 0 unspecified atom stereocenters. The molecule has 1 saturated heterocycles. The Kier molecular flexibility index (Phi) is 6.24. The third-order valence-electron chi connectivity index (χ3n) is 6.20. The van der Waals surface area contributed by atoms with E-state index in [0.717, 1.165) is 40.9 Å². The van der Waals surface area contributed by atoms with Crippen molar-refractivity contribution in [1.82, 2.24) is 15.2 Å². The minimum atomic E-state index is -2.85. The number of benzene rings is 1. The fourth-order valence-electron chi connectivity index (χ4n) is 4.23. The van der Waals surface area contributed by atoms with Gasteiger partial charge < -0.3 is 15.0 Å². The Morgan fingerprint density at radius 1 is 1.16 bits per heavy atom. The first-order chi connectivity index (χ1) is 15.3. The third kappa shape index (κ3) is 4.24. The van der Waals surface area contributed by atoms with Gasteiger partial charge in [-0.05, 0) is 38.0 Å². The van der Waals surface area contributed by atoms with Crippen LogP contribution in [-0.2, 0) is 10.7 Å². The number of hydrogen-bond donors (Lipinski definition) is 1. The van der Waals surface area contributed by atoms with Crippen molar-refractivity contribution >= 4 is 22.4 Å². The van der Waals surface area contributed by atoms with Gasteiger partial charge in [0, 0.05) is 42.0 Å². The standard InChI is InChI=1S/C24H29F2N5O/c1-5-24(25,26)21-8-6-7-18(15(21)2)16(3)28-23-19-13-22(31-9-11-32-12-10-31)27-14-20(19)17(4)29-30-23/h6-8,13-14,16H,5,9-12H2,1-4H3,(H,28,30)/t16-/m1/s1. The molecule has 0 saturated carbocycles. The molecule has 170 valence electrons. The van der Waals surface area contributed by atoms with Gasteiger partial charge in [-0.2, -0.15) is 5.10 Å². The Morgan fingerprint density at radius 2 is 1.91 bits per heavy atom. The van der Waals surface area contributed by atoms with Gasteiger partial charge in [-0.15, -0.1) is 5.10 Å². The van der Waals surface area contributed by atoms with E-state index in [1.807, 2.05) is 32.2 Å². The number of morpholine rings is 1. The summed E-state index contributed by atoms with van der Waals surface area (Å²) >= 11 is 0. The van der Waals surface area contributed by atoms with E-state index in [1.165, 1.54) is 13.0 Å². The summed E-state index contributed by atoms with van der Waals surface area (Å²) in [5, 5.41) is 13.9. The summed E-state index contributed by atoms with van der Waals surface area (Å²) in [6, 6.07) is 6.87. The van der Waals surface area contributed by atoms with Crippen LogP contribution in [0, 0.1) is 13.8 Å². The fourth-order valence-corrected chi connectivity index (χ4v) is 4.23. The molecular weight excluding hydrogens is 412 g/mol. The summed E-state index contributed by atoms with van der Waals surface area (Å²) in [4.78, 5) is 6.81. The molecule has 6 nitrogen and oxygen atoms in total. The predicted octanol–water partition coefficient (Wildman–Crippen LogP) is 5.15. The average molecular weight is 442 g/mol. The first-order valence-electron chi connectivity index (χ1n) is 11.0. The van der Waals surface area contributed by atoms with Crippen molar-refractivity contribution in [1.29, 1.82) is 0 Å². The molecule has 1 aromatic carbocycles. The molecule has 0 aliphatic carbocycles. The van der Waals surface area contributed by atoms with Crippen molar-refractivity contribution in [3.8, 4) is 0 Å². The van der Waals surface area contributed by atoms with Crippen molar-refractivity contribution in [2.24, 2.45) is 0 Å². The predicted molar refractivity (Wildman–Crippen MR) is 123 cm³/mol. The summed E-state index contributed by atoms with van der Waals surface area (Å²) in [5.41, 5.74) is 2.28. The average Bonchev–Trinajstić information content (AvgIpc) is 2.81. The van der Waals surface area contributed by atoms with Crippen LogP contribution in [-0.4, -0.2) is 41.5 Å². The van der Waals surface area contributed by atoms with E-state index in [2.05, 4.69) is 25.4 Å². The summed E-state index contributed by atoms with van der Waals surface area (Å²) in [7, 11) is 0. The van der Waals surface area contributed by atoms with Crippen molar-refractivity contribution in [3.63, 3.8) is 0 Å². The second-order valence-electron chi connectivity index (χ2n) is 8.27. The number of pyridine rings is 1. The number of halogens is 2. The first kappa shape index (κ1) is 22.3. The smallest absolute Gasteiger partial charge is 0.273 e. The van der Waals surface area contributed by atoms with Crippen LogP contribution in [0.15, 0.2) is 30.5 Å². The van der Waals surface area contributed by atoms with Crippen LogP contribution < -0.4 is 10.2 Å². The van der Waals surface area contributed by atoms with Gasteiger partial charge in [0.2, 0.25) is 0 Å². The molecule has 4 rings (SSSR count). The quantitative estimate of drug-likeness (QED) is 0.571. The van der Waals surface area contributed by atoms with Crippen molar-refractivity contribution in [3.05, 3.63) is 52.8 Å². The van der Waals surface area contributed by atoms with E-state index >= 15 is 0 Å². The summed E-state index contributed by atoms with van der Waals surface area (Å²) in [6.45, 7) is 10.0. The highest BCUT2D eigenvalue weighted by atomic mass is 19.3. The summed E-state index contributed by atoms with van der Waals surface area (Å²) < 4.78 is 34.3. The minimum Gasteiger partial charge on any atom is -0.378 e. The van der Waals surface area contributed by atoms with Crippen LogP contribution in [0.1, 0.15) is 48.7 Å². The molecule has 3 heterocycles. The Morgan fingerprint density at radius 3 is 2.62 bits per heavy atom. The highest BCUT2D eigenvalue weighted by Gasteiger charge is 2.31. The number of alkyl halides is 2. The number of anilines is 2. The lowest BCUT2D eigenvalue weighted by molar-refractivity contribution is -0.00898. The molecule has 0 radical (unpaired) electrons. The first-order valence-corrected chi connectivity index (χ1v) is 11.0. The van der Waals surface area contributed by atoms with Gasteiger partial charge in [-0.3, -0.25) is 0 Å². The molecule has 0 amide bonds. The number of nitrogens with zero attached hydrogens (tertiary/aromatic N) is 4. The molecule has 1 aliphatic heterocycles. The molecule has 1 aliphatic rings. The fraction of sp³-hybridized carbons (Fsp3) is 0.458. The summed E-state index contributed by atoms with van der Waals surface area (Å²) in [6.07, 6.45) is 1.60. The number of hydrogen-bond acceptors (Lipinski definition) is 6. The zero-order valence-electron chi connectivity index (χ0n) is 19.0. The Hall–Kier alpha value is -2.87. The molecule has 1 fully saturated rings. The molecule has 1 atom stereocenters. The Labute approximate surface area is 187 Å². The summed E-state index contributed by atoms with van der Waals surface area (Å²) in [5.74, 6) is -1.37. The maximum absolute atomic E-state index is 14.4. The monoisotopic (exact) mass is 441 g/mol. The highest BCUT2D eigenvalue weighted by molar-refractivity contribution is 5.94. The molecule has 0 spiro atoms. The largest absolute Gasteiger partial charge is 0.378 e. The van der Waals surface area contributed by atoms with Crippen LogP contribution in [0.3, 0.4) is 0 Å². The van der Waals surface area contributed by atoms with Crippen LogP contribution >= 0.6 is 0 Å². The number of aromatic nitrogens is 3. The highest BCUT2D eigenvalue weighted by Crippen LogP contribution is 2.37. The molecule has 0 bridgehead atoms. The molecule has 8 heteroatoms. The van der Waals surface area contributed by atoms with Gasteiger partial charge >= 0.3 is 0 Å². The molecular formula is C24H29F2N5O. The molecule has 2 aromatic heterocycles. The van der Waals surface area contributed by atoms with E-state index in [9.17, 15) is 8.78 Å². The van der Waals surface area contributed by atoms with E-state index in [0.29, 0.717) is 24.6 Å². The molecule has 32 heavy (non-hydrogen) atoms. The normalized spacial score (nSPS) is 15.8. The Balaban J connectivity index is 1.70. The van der Waals surface area contributed by atoms with Gasteiger partial charge in [0.05, 0.1) is 24.9 Å². The number of aryl methyl sites for hydroxylation is 1. The lowest BCUT2D eigenvalue weighted by atomic mass is 9.93. The van der Waals surface area contributed by atoms with E-state index in [-0.39, 0.29) is 18.0 Å². The van der Waals surface area contributed by atoms with Crippen LogP contribution in [0.2, 0.25) is 0 Å². The minimum absolute atomic E-state index is 0.0739. The molecule has 3 aromatic rings. The van der Waals surface area contributed by atoms with Crippen molar-refractivity contribution in [2.45, 2.75) is 46.1 Å². The van der Waals surface area contributed by atoms with Gasteiger partial charge in [0.25, 0.3) is 5.92 Å². The van der Waals surface area contributed by atoms with Crippen LogP contribution in [0.25, 0.3) is 10.8 Å². The third-order valence-corrected chi connectivity index (χ3v) is 6.20. The van der Waals surface area contributed by atoms with Gasteiger partial charge in [-0.1, -0.05) is 25.1 Å².